The van der Waals surface area contributed by atoms with Crippen molar-refractivity contribution in [2.75, 3.05) is 0 Å². The number of hydrogen-bond acceptors (Lipinski definition) is 3. The van der Waals surface area contributed by atoms with E-state index in [1.54, 1.807) is 0 Å². The van der Waals surface area contributed by atoms with Crippen LogP contribution in [-0.2, 0) is 14.6 Å². The fourth-order valence-electron chi connectivity index (χ4n) is 0.681. The van der Waals surface area contributed by atoms with E-state index in [0.717, 1.165) is 6.42 Å². The highest BCUT2D eigenvalue weighted by Crippen LogP contribution is 2.20. The SMILES string of the molecule is CCC(C)(C)OOC(=O)CC(C)(C)C. The van der Waals surface area contributed by atoms with Gasteiger partial charge >= 0.3 is 5.97 Å². The summed E-state index contributed by atoms with van der Waals surface area (Å²) in [6, 6.07) is 0. The van der Waals surface area contributed by atoms with Gasteiger partial charge in [0.2, 0.25) is 0 Å². The van der Waals surface area contributed by atoms with Crippen LogP contribution in [0.15, 0.2) is 0 Å². The van der Waals surface area contributed by atoms with Crippen molar-refractivity contribution in [3.8, 4) is 0 Å². The lowest BCUT2D eigenvalue weighted by atomic mass is 9.93. The largest absolute Gasteiger partial charge is 0.342 e. The van der Waals surface area contributed by atoms with Crippen LogP contribution in [0.4, 0.5) is 0 Å². The maximum Gasteiger partial charge on any atom is 0.342 e. The first-order valence-corrected chi connectivity index (χ1v) is 5.05. The van der Waals surface area contributed by atoms with E-state index in [0.29, 0.717) is 6.42 Å². The molecule has 14 heavy (non-hydrogen) atoms. The third kappa shape index (κ3) is 6.89. The van der Waals surface area contributed by atoms with Crippen LogP contribution in [0.25, 0.3) is 0 Å². The Bertz CT molecular complexity index is 189. The molecule has 0 aromatic rings. The molecule has 0 saturated carbocycles. The molecule has 84 valence electrons. The van der Waals surface area contributed by atoms with Crippen molar-refractivity contribution >= 4 is 5.97 Å². The fraction of sp³-hybridized carbons (Fsp3) is 0.909. The molecule has 0 atom stereocenters. The standard InChI is InChI=1S/C11H22O3/c1-7-11(5,6)14-13-9(12)8-10(2,3)4/h7-8H2,1-6H3. The van der Waals surface area contributed by atoms with Crippen molar-refractivity contribution in [2.24, 2.45) is 5.41 Å². The van der Waals surface area contributed by atoms with E-state index in [2.05, 4.69) is 0 Å². The second-order valence-corrected chi connectivity index (χ2v) is 5.39. The predicted octanol–water partition coefficient (Wildman–Crippen LogP) is 3.09. The number of rotatable bonds is 4. The molecule has 0 aliphatic heterocycles. The number of carbonyl (C=O) groups is 1. The summed E-state index contributed by atoms with van der Waals surface area (Å²) in [5.74, 6) is -0.306. The zero-order valence-electron chi connectivity index (χ0n) is 10.1. The van der Waals surface area contributed by atoms with E-state index < -0.39 is 5.60 Å². The normalized spacial score (nSPS) is 12.7. The Morgan fingerprint density at radius 1 is 1.14 bits per heavy atom. The first kappa shape index (κ1) is 13.4. The molecule has 0 amide bonds. The predicted molar refractivity (Wildman–Crippen MR) is 55.6 cm³/mol. The zero-order valence-corrected chi connectivity index (χ0v) is 10.1. The number of hydrogen-bond donors (Lipinski definition) is 0. The Labute approximate surface area is 86.7 Å². The second kappa shape index (κ2) is 4.78. The van der Waals surface area contributed by atoms with E-state index >= 15 is 0 Å². The van der Waals surface area contributed by atoms with Gasteiger partial charge in [-0.2, -0.15) is 4.89 Å². The van der Waals surface area contributed by atoms with Gasteiger partial charge in [-0.25, -0.2) is 4.79 Å². The molecule has 0 saturated heterocycles. The van der Waals surface area contributed by atoms with E-state index in [1.165, 1.54) is 0 Å². The minimum atomic E-state index is -0.395. The maximum atomic E-state index is 11.3. The molecule has 3 heteroatoms. The highest BCUT2D eigenvalue weighted by atomic mass is 17.2. The van der Waals surface area contributed by atoms with Gasteiger partial charge in [0.25, 0.3) is 0 Å². The van der Waals surface area contributed by atoms with E-state index in [-0.39, 0.29) is 11.4 Å². The van der Waals surface area contributed by atoms with Crippen LogP contribution in [0.3, 0.4) is 0 Å². The average molecular weight is 202 g/mol. The third-order valence-electron chi connectivity index (χ3n) is 1.89. The Balaban J connectivity index is 3.87. The molecule has 0 rings (SSSR count). The maximum absolute atomic E-state index is 11.3. The molecule has 0 aromatic carbocycles. The van der Waals surface area contributed by atoms with Crippen molar-refractivity contribution in [1.82, 2.24) is 0 Å². The smallest absolute Gasteiger partial charge is 0.298 e. The van der Waals surface area contributed by atoms with Gasteiger partial charge < -0.3 is 0 Å². The van der Waals surface area contributed by atoms with E-state index in [1.807, 2.05) is 41.5 Å². The first-order chi connectivity index (χ1) is 6.16. The van der Waals surface area contributed by atoms with Gasteiger partial charge in [-0.05, 0) is 25.7 Å². The number of carbonyl (C=O) groups excluding carboxylic acids is 1. The summed E-state index contributed by atoms with van der Waals surface area (Å²) in [5, 5.41) is 0. The molecule has 0 N–H and O–H groups in total. The monoisotopic (exact) mass is 202 g/mol. The van der Waals surface area contributed by atoms with Crippen LogP contribution in [0.1, 0.15) is 54.4 Å². The summed E-state index contributed by atoms with van der Waals surface area (Å²) < 4.78 is 0. The van der Waals surface area contributed by atoms with Crippen molar-refractivity contribution < 1.29 is 14.6 Å². The Morgan fingerprint density at radius 2 is 1.64 bits per heavy atom. The summed E-state index contributed by atoms with van der Waals surface area (Å²) in [4.78, 5) is 21.0. The first-order valence-electron chi connectivity index (χ1n) is 5.05. The zero-order chi connectivity index (χ0) is 11.4. The van der Waals surface area contributed by atoms with Crippen molar-refractivity contribution in [3.05, 3.63) is 0 Å². The molecule has 0 spiro atoms. The highest BCUT2D eigenvalue weighted by molar-refractivity contribution is 5.69. The molecule has 0 heterocycles. The van der Waals surface area contributed by atoms with E-state index in [9.17, 15) is 4.79 Å². The molecule has 0 radical (unpaired) electrons. The third-order valence-corrected chi connectivity index (χ3v) is 1.89. The summed E-state index contributed by atoms with van der Waals surface area (Å²) in [7, 11) is 0. The average Bonchev–Trinajstić information content (AvgIpc) is 1.98. The van der Waals surface area contributed by atoms with Crippen molar-refractivity contribution in [3.63, 3.8) is 0 Å². The molecule has 0 bridgehead atoms. The lowest BCUT2D eigenvalue weighted by molar-refractivity contribution is -0.326. The van der Waals surface area contributed by atoms with Crippen LogP contribution in [-0.4, -0.2) is 11.6 Å². The van der Waals surface area contributed by atoms with Gasteiger partial charge in [0.15, 0.2) is 0 Å². The molecule has 0 unspecified atom stereocenters. The summed E-state index contributed by atoms with van der Waals surface area (Å²) in [5.41, 5.74) is -0.454. The molecular weight excluding hydrogens is 180 g/mol. The Kier molecular flexibility index (Phi) is 4.59. The van der Waals surface area contributed by atoms with Gasteiger partial charge in [-0.15, -0.1) is 0 Å². The van der Waals surface area contributed by atoms with Crippen LogP contribution >= 0.6 is 0 Å². The molecule has 3 nitrogen and oxygen atoms in total. The fourth-order valence-corrected chi connectivity index (χ4v) is 0.681. The van der Waals surface area contributed by atoms with Crippen LogP contribution in [0, 0.1) is 5.41 Å². The van der Waals surface area contributed by atoms with Gasteiger partial charge in [0.1, 0.15) is 5.60 Å². The second-order valence-electron chi connectivity index (χ2n) is 5.39. The van der Waals surface area contributed by atoms with Gasteiger partial charge in [-0.3, -0.25) is 4.89 Å². The molecule has 0 fully saturated rings. The minimum absolute atomic E-state index is 0.0587. The van der Waals surface area contributed by atoms with Gasteiger partial charge in [0, 0.05) is 0 Å². The summed E-state index contributed by atoms with van der Waals surface area (Å²) >= 11 is 0. The minimum Gasteiger partial charge on any atom is -0.298 e. The lowest BCUT2D eigenvalue weighted by Gasteiger charge is -2.22. The molecule has 0 aromatic heterocycles. The quantitative estimate of drug-likeness (QED) is 0.519. The summed E-state index contributed by atoms with van der Waals surface area (Å²) in [6.45, 7) is 11.7. The summed E-state index contributed by atoms with van der Waals surface area (Å²) in [6.07, 6.45) is 1.17. The van der Waals surface area contributed by atoms with Gasteiger partial charge in [0.05, 0.1) is 6.42 Å². The van der Waals surface area contributed by atoms with Crippen LogP contribution in [0.5, 0.6) is 0 Å². The Hall–Kier alpha value is -0.570. The van der Waals surface area contributed by atoms with Gasteiger partial charge in [-0.1, -0.05) is 27.7 Å². The van der Waals surface area contributed by atoms with Crippen LogP contribution < -0.4 is 0 Å². The van der Waals surface area contributed by atoms with E-state index in [4.69, 9.17) is 9.78 Å². The highest BCUT2D eigenvalue weighted by Gasteiger charge is 2.22. The topological polar surface area (TPSA) is 35.5 Å². The Morgan fingerprint density at radius 3 is 2.00 bits per heavy atom. The molecule has 0 aliphatic carbocycles. The van der Waals surface area contributed by atoms with Crippen LogP contribution in [0.2, 0.25) is 0 Å². The molecule has 0 aliphatic rings. The van der Waals surface area contributed by atoms with Crippen molar-refractivity contribution in [2.45, 2.75) is 60.0 Å². The molecular formula is C11H22O3. The van der Waals surface area contributed by atoms with Crippen molar-refractivity contribution in [1.29, 1.82) is 0 Å². The lowest BCUT2D eigenvalue weighted by Crippen LogP contribution is -2.26.